The number of halogens is 1. The van der Waals surface area contributed by atoms with Crippen molar-refractivity contribution in [2.45, 2.75) is 4.90 Å². The number of nitrogens with zero attached hydrogens (tertiary/aromatic N) is 1. The molecule has 0 radical (unpaired) electrons. The number of anilines is 1. The summed E-state index contributed by atoms with van der Waals surface area (Å²) in [5.74, 6) is 0. The number of nitrogens with one attached hydrogen (secondary N) is 1. The molecule has 6 heteroatoms. The SMILES string of the molecule is N#Cc1ccc(NS(=O)(=O)c2cccc(Cl)c2)cc1. The van der Waals surface area contributed by atoms with E-state index in [4.69, 9.17) is 16.9 Å². The second kappa shape index (κ2) is 5.31. The van der Waals surface area contributed by atoms with Crippen molar-refractivity contribution in [2.75, 3.05) is 4.72 Å². The third-order valence-electron chi connectivity index (χ3n) is 2.37. The first-order chi connectivity index (χ1) is 9.01. The highest BCUT2D eigenvalue weighted by atomic mass is 35.5. The molecule has 0 bridgehead atoms. The summed E-state index contributed by atoms with van der Waals surface area (Å²) < 4.78 is 26.6. The van der Waals surface area contributed by atoms with E-state index in [0.29, 0.717) is 16.3 Å². The fourth-order valence-corrected chi connectivity index (χ4v) is 2.82. The molecule has 0 heterocycles. The smallest absolute Gasteiger partial charge is 0.261 e. The number of sulfonamides is 1. The van der Waals surface area contributed by atoms with Gasteiger partial charge in [-0.05, 0) is 42.5 Å². The molecule has 0 aliphatic rings. The maximum Gasteiger partial charge on any atom is 0.261 e. The molecule has 96 valence electrons. The van der Waals surface area contributed by atoms with E-state index in [1.807, 2.05) is 6.07 Å². The summed E-state index contributed by atoms with van der Waals surface area (Å²) in [5.41, 5.74) is 0.852. The maximum atomic E-state index is 12.1. The highest BCUT2D eigenvalue weighted by molar-refractivity contribution is 7.92. The standard InChI is InChI=1S/C13H9ClN2O2S/c14-11-2-1-3-13(8-11)19(17,18)16-12-6-4-10(9-15)5-7-12/h1-8,16H. The number of nitriles is 1. The molecule has 0 amide bonds. The molecule has 0 atom stereocenters. The van der Waals surface area contributed by atoms with Crippen molar-refractivity contribution in [3.8, 4) is 6.07 Å². The first-order valence-corrected chi connectivity index (χ1v) is 7.16. The quantitative estimate of drug-likeness (QED) is 0.945. The lowest BCUT2D eigenvalue weighted by molar-refractivity contribution is 0.601. The molecule has 0 spiro atoms. The van der Waals surface area contributed by atoms with E-state index in [1.165, 1.54) is 36.4 Å². The van der Waals surface area contributed by atoms with Gasteiger partial charge in [0.05, 0.1) is 16.5 Å². The molecule has 2 aromatic rings. The van der Waals surface area contributed by atoms with Gasteiger partial charge in [-0.1, -0.05) is 17.7 Å². The summed E-state index contributed by atoms with van der Waals surface area (Å²) in [5, 5.41) is 9.02. The lowest BCUT2D eigenvalue weighted by atomic mass is 10.2. The first kappa shape index (κ1) is 13.4. The summed E-state index contributed by atoms with van der Waals surface area (Å²) >= 11 is 5.77. The Hall–Kier alpha value is -2.03. The van der Waals surface area contributed by atoms with Crippen LogP contribution < -0.4 is 4.72 Å². The average molecular weight is 293 g/mol. The predicted molar refractivity (Wildman–Crippen MR) is 73.4 cm³/mol. The molecule has 2 rings (SSSR count). The van der Waals surface area contributed by atoms with Crippen LogP contribution in [-0.4, -0.2) is 8.42 Å². The van der Waals surface area contributed by atoms with Crippen LogP contribution in [0.25, 0.3) is 0 Å². The van der Waals surface area contributed by atoms with Crippen molar-refractivity contribution in [1.29, 1.82) is 5.26 Å². The number of rotatable bonds is 3. The van der Waals surface area contributed by atoms with E-state index in [-0.39, 0.29) is 4.90 Å². The van der Waals surface area contributed by atoms with Gasteiger partial charge in [0.15, 0.2) is 0 Å². The van der Waals surface area contributed by atoms with Crippen LogP contribution in [0.4, 0.5) is 5.69 Å². The van der Waals surface area contributed by atoms with Gasteiger partial charge < -0.3 is 0 Å². The summed E-state index contributed by atoms with van der Waals surface area (Å²) in [7, 11) is -3.67. The van der Waals surface area contributed by atoms with Crippen molar-refractivity contribution in [3.05, 3.63) is 59.1 Å². The Balaban J connectivity index is 2.28. The predicted octanol–water partition coefficient (Wildman–Crippen LogP) is 3.01. The van der Waals surface area contributed by atoms with Crippen LogP contribution in [0, 0.1) is 11.3 Å². The Labute approximate surface area is 116 Å². The van der Waals surface area contributed by atoms with Gasteiger partial charge in [-0.3, -0.25) is 4.72 Å². The summed E-state index contributed by atoms with van der Waals surface area (Å²) in [6, 6.07) is 14.1. The minimum atomic E-state index is -3.67. The zero-order chi connectivity index (χ0) is 13.9. The zero-order valence-corrected chi connectivity index (χ0v) is 11.2. The lowest BCUT2D eigenvalue weighted by Gasteiger charge is -2.08. The molecular weight excluding hydrogens is 284 g/mol. The summed E-state index contributed by atoms with van der Waals surface area (Å²) in [6.45, 7) is 0. The fourth-order valence-electron chi connectivity index (χ4n) is 1.46. The van der Waals surface area contributed by atoms with Gasteiger partial charge in [0, 0.05) is 10.7 Å². The zero-order valence-electron chi connectivity index (χ0n) is 9.67. The van der Waals surface area contributed by atoms with E-state index < -0.39 is 10.0 Å². The minimum Gasteiger partial charge on any atom is -0.280 e. The second-order valence-corrected chi connectivity index (χ2v) is 5.87. The molecular formula is C13H9ClN2O2S. The normalized spacial score (nSPS) is 10.7. The average Bonchev–Trinajstić information content (AvgIpc) is 2.39. The lowest BCUT2D eigenvalue weighted by Crippen LogP contribution is -2.12. The van der Waals surface area contributed by atoms with Gasteiger partial charge in [0.2, 0.25) is 0 Å². The van der Waals surface area contributed by atoms with Crippen molar-refractivity contribution >= 4 is 27.3 Å². The molecule has 0 unspecified atom stereocenters. The highest BCUT2D eigenvalue weighted by Gasteiger charge is 2.14. The number of benzene rings is 2. The van der Waals surface area contributed by atoms with Crippen LogP contribution >= 0.6 is 11.6 Å². The van der Waals surface area contributed by atoms with Crippen LogP contribution in [0.2, 0.25) is 5.02 Å². The van der Waals surface area contributed by atoms with Gasteiger partial charge in [-0.15, -0.1) is 0 Å². The highest BCUT2D eigenvalue weighted by Crippen LogP contribution is 2.19. The molecule has 0 saturated heterocycles. The molecule has 2 aromatic carbocycles. The third-order valence-corrected chi connectivity index (χ3v) is 3.99. The molecule has 0 saturated carbocycles. The largest absolute Gasteiger partial charge is 0.280 e. The monoisotopic (exact) mass is 292 g/mol. The van der Waals surface area contributed by atoms with Gasteiger partial charge >= 0.3 is 0 Å². The van der Waals surface area contributed by atoms with E-state index in [0.717, 1.165) is 0 Å². The Morgan fingerprint density at radius 3 is 2.37 bits per heavy atom. The fraction of sp³-hybridized carbons (Fsp3) is 0. The molecule has 0 fully saturated rings. The van der Waals surface area contributed by atoms with Crippen molar-refractivity contribution in [3.63, 3.8) is 0 Å². The van der Waals surface area contributed by atoms with Crippen LogP contribution in [0.1, 0.15) is 5.56 Å². The summed E-state index contributed by atoms with van der Waals surface area (Å²) in [6.07, 6.45) is 0. The van der Waals surface area contributed by atoms with E-state index >= 15 is 0 Å². The van der Waals surface area contributed by atoms with E-state index in [9.17, 15) is 8.42 Å². The second-order valence-electron chi connectivity index (χ2n) is 3.75. The molecule has 0 aliphatic heterocycles. The third kappa shape index (κ3) is 3.25. The Morgan fingerprint density at radius 1 is 1.11 bits per heavy atom. The van der Waals surface area contributed by atoms with Gasteiger partial charge in [0.1, 0.15) is 0 Å². The molecule has 4 nitrogen and oxygen atoms in total. The van der Waals surface area contributed by atoms with Crippen LogP contribution in [0.3, 0.4) is 0 Å². The minimum absolute atomic E-state index is 0.0874. The maximum absolute atomic E-state index is 12.1. The molecule has 1 N–H and O–H groups in total. The van der Waals surface area contributed by atoms with Gasteiger partial charge in [-0.2, -0.15) is 5.26 Å². The molecule has 0 aromatic heterocycles. The molecule has 0 aliphatic carbocycles. The van der Waals surface area contributed by atoms with Crippen LogP contribution in [0.5, 0.6) is 0 Å². The van der Waals surface area contributed by atoms with Crippen molar-refractivity contribution < 1.29 is 8.42 Å². The Kier molecular flexibility index (Phi) is 3.74. The van der Waals surface area contributed by atoms with Crippen molar-refractivity contribution in [1.82, 2.24) is 0 Å². The Bertz CT molecular complexity index is 734. The number of hydrogen-bond acceptors (Lipinski definition) is 3. The number of hydrogen-bond donors (Lipinski definition) is 1. The van der Waals surface area contributed by atoms with E-state index in [2.05, 4.69) is 4.72 Å². The summed E-state index contributed by atoms with van der Waals surface area (Å²) in [4.78, 5) is 0.0874. The van der Waals surface area contributed by atoms with E-state index in [1.54, 1.807) is 12.1 Å². The first-order valence-electron chi connectivity index (χ1n) is 5.30. The molecule has 19 heavy (non-hydrogen) atoms. The van der Waals surface area contributed by atoms with Gasteiger partial charge in [0.25, 0.3) is 10.0 Å². The topological polar surface area (TPSA) is 70.0 Å². The van der Waals surface area contributed by atoms with Crippen LogP contribution in [-0.2, 0) is 10.0 Å². The van der Waals surface area contributed by atoms with Gasteiger partial charge in [-0.25, -0.2) is 8.42 Å². The Morgan fingerprint density at radius 2 is 1.79 bits per heavy atom. The van der Waals surface area contributed by atoms with Crippen LogP contribution in [0.15, 0.2) is 53.4 Å². The van der Waals surface area contributed by atoms with Crippen molar-refractivity contribution in [2.24, 2.45) is 0 Å².